The number of nitrogens with zero attached hydrogens (tertiary/aromatic N) is 2. The van der Waals surface area contributed by atoms with Gasteiger partial charge in [-0.2, -0.15) is 0 Å². The first kappa shape index (κ1) is 31.1. The normalized spacial score (nSPS) is 12.4. The van der Waals surface area contributed by atoms with Crippen LogP contribution in [0.3, 0.4) is 0 Å². The summed E-state index contributed by atoms with van der Waals surface area (Å²) in [5.74, 6) is 0.243. The molecular formula is C36H39N2OPtS-. The standard InChI is InChI=1S/C36H39N2OS.Pt/c1-34(2,3)24-14-15-37-29(20-24)23-16-22(17-25(18-23)35(4,5)6)28-19-26(36(7,8)9)21-31-32(28)38-33(40-31)27-12-10-11-13-30(27)39;/h10-15,17-21,39H,1-9H3;/q-1;. The molecule has 41 heavy (non-hydrogen) atoms. The van der Waals surface area contributed by atoms with Crippen molar-refractivity contribution in [1.82, 2.24) is 9.97 Å². The van der Waals surface area contributed by atoms with Crippen molar-refractivity contribution in [2.75, 3.05) is 0 Å². The van der Waals surface area contributed by atoms with Crippen LogP contribution in [0.15, 0.2) is 66.9 Å². The molecule has 0 saturated heterocycles. The summed E-state index contributed by atoms with van der Waals surface area (Å²) < 4.78 is 1.10. The Morgan fingerprint density at radius 2 is 1.29 bits per heavy atom. The summed E-state index contributed by atoms with van der Waals surface area (Å²) in [4.78, 5) is 9.89. The van der Waals surface area contributed by atoms with E-state index in [1.807, 2.05) is 24.4 Å². The number of rotatable bonds is 3. The number of para-hydroxylation sites is 1. The number of hydrogen-bond donors (Lipinski definition) is 1. The maximum Gasteiger partial charge on any atom is 0.127 e. The van der Waals surface area contributed by atoms with E-state index in [4.69, 9.17) is 9.97 Å². The minimum atomic E-state index is -0.0654. The van der Waals surface area contributed by atoms with Crippen LogP contribution in [0, 0.1) is 6.07 Å². The molecule has 0 atom stereocenters. The zero-order valence-corrected chi connectivity index (χ0v) is 28.5. The van der Waals surface area contributed by atoms with E-state index >= 15 is 0 Å². The molecule has 0 aliphatic heterocycles. The summed E-state index contributed by atoms with van der Waals surface area (Å²) in [7, 11) is 0. The predicted octanol–water partition coefficient (Wildman–Crippen LogP) is 10.1. The van der Waals surface area contributed by atoms with Gasteiger partial charge in [-0.3, -0.25) is 4.98 Å². The average Bonchev–Trinajstić information content (AvgIpc) is 3.31. The van der Waals surface area contributed by atoms with Gasteiger partial charge in [-0.25, -0.2) is 4.98 Å². The minimum Gasteiger partial charge on any atom is -0.507 e. The van der Waals surface area contributed by atoms with Crippen molar-refractivity contribution in [3.63, 3.8) is 0 Å². The molecule has 0 aliphatic carbocycles. The molecule has 0 amide bonds. The quantitative estimate of drug-likeness (QED) is 0.187. The smallest absolute Gasteiger partial charge is 0.127 e. The average molecular weight is 743 g/mol. The Morgan fingerprint density at radius 1 is 0.683 bits per heavy atom. The van der Waals surface area contributed by atoms with Crippen molar-refractivity contribution >= 4 is 21.6 Å². The molecule has 5 aromatic rings. The number of fused-ring (bicyclic) bond motifs is 1. The van der Waals surface area contributed by atoms with Gasteiger partial charge < -0.3 is 5.11 Å². The third-order valence-electron chi connectivity index (χ3n) is 7.42. The number of aromatic nitrogens is 2. The third kappa shape index (κ3) is 6.50. The van der Waals surface area contributed by atoms with E-state index in [0.717, 1.165) is 43.2 Å². The Balaban J connectivity index is 0.00000387. The fourth-order valence-corrected chi connectivity index (χ4v) is 5.83. The zero-order chi connectivity index (χ0) is 29.0. The van der Waals surface area contributed by atoms with Crippen LogP contribution in [0.1, 0.15) is 79.0 Å². The summed E-state index contributed by atoms with van der Waals surface area (Å²) in [5.41, 5.74) is 9.29. The van der Waals surface area contributed by atoms with Gasteiger partial charge in [0.15, 0.2) is 0 Å². The van der Waals surface area contributed by atoms with Gasteiger partial charge in [0.25, 0.3) is 0 Å². The SMILES string of the molecule is CC(C)(C)c1cc(-c2cc(C(C)(C)C)ccn2)[c-]c(-c2cc(C(C)(C)C)cc3sc(-c4ccccc4O)nc23)c1.[Pt]. The Kier molecular flexibility index (Phi) is 8.44. The number of thiazole rings is 1. The topological polar surface area (TPSA) is 46.0 Å². The molecule has 5 heteroatoms. The van der Waals surface area contributed by atoms with Crippen LogP contribution < -0.4 is 0 Å². The first-order valence-corrected chi connectivity index (χ1v) is 14.7. The first-order valence-electron chi connectivity index (χ1n) is 13.9. The second-order valence-corrected chi connectivity index (χ2v) is 14.8. The Morgan fingerprint density at radius 3 is 1.93 bits per heavy atom. The van der Waals surface area contributed by atoms with Crippen molar-refractivity contribution in [3.8, 4) is 38.7 Å². The van der Waals surface area contributed by atoms with Gasteiger partial charge in [0.1, 0.15) is 10.8 Å². The van der Waals surface area contributed by atoms with Gasteiger partial charge in [0.05, 0.1) is 11.1 Å². The molecule has 0 fully saturated rings. The van der Waals surface area contributed by atoms with Crippen LogP contribution in [0.2, 0.25) is 0 Å². The Bertz CT molecular complexity index is 1710. The molecule has 0 saturated carbocycles. The first-order chi connectivity index (χ1) is 18.6. The minimum absolute atomic E-state index is 0. The summed E-state index contributed by atoms with van der Waals surface area (Å²) in [5, 5.41) is 11.4. The van der Waals surface area contributed by atoms with Gasteiger partial charge in [-0.05, 0) is 51.6 Å². The Hall–Kier alpha value is -2.81. The molecule has 0 aliphatic rings. The van der Waals surface area contributed by atoms with Crippen molar-refractivity contribution in [2.45, 2.75) is 78.6 Å². The molecule has 2 aromatic heterocycles. The molecule has 0 radical (unpaired) electrons. The molecule has 0 bridgehead atoms. The Labute approximate surface area is 263 Å². The molecule has 0 spiro atoms. The number of phenols is 1. The van der Waals surface area contributed by atoms with Gasteiger partial charge >= 0.3 is 0 Å². The van der Waals surface area contributed by atoms with Crippen molar-refractivity contribution in [2.24, 2.45) is 0 Å². The second-order valence-electron chi connectivity index (χ2n) is 13.8. The van der Waals surface area contributed by atoms with Crippen LogP contribution in [0.5, 0.6) is 5.75 Å². The van der Waals surface area contributed by atoms with E-state index < -0.39 is 0 Å². The van der Waals surface area contributed by atoms with Crippen molar-refractivity contribution in [1.29, 1.82) is 0 Å². The second kappa shape index (κ2) is 11.1. The van der Waals surface area contributed by atoms with Gasteiger partial charge in [0.2, 0.25) is 0 Å². The van der Waals surface area contributed by atoms with E-state index in [-0.39, 0.29) is 43.1 Å². The summed E-state index contributed by atoms with van der Waals surface area (Å²) in [6.07, 6.45) is 1.91. The molecule has 5 rings (SSSR count). The van der Waals surface area contributed by atoms with E-state index in [1.165, 1.54) is 16.7 Å². The summed E-state index contributed by atoms with van der Waals surface area (Å²) in [6.45, 7) is 20.1. The summed E-state index contributed by atoms with van der Waals surface area (Å²) in [6, 6.07) is 24.5. The molecule has 2 heterocycles. The molecular weight excluding hydrogens is 704 g/mol. The number of hydrogen-bond acceptors (Lipinski definition) is 4. The maximum atomic E-state index is 10.6. The van der Waals surface area contributed by atoms with Crippen LogP contribution in [-0.4, -0.2) is 15.1 Å². The maximum absolute atomic E-state index is 10.6. The van der Waals surface area contributed by atoms with Crippen LogP contribution in [-0.2, 0) is 37.3 Å². The van der Waals surface area contributed by atoms with Crippen molar-refractivity contribution < 1.29 is 26.2 Å². The van der Waals surface area contributed by atoms with E-state index in [9.17, 15) is 5.11 Å². The molecule has 3 aromatic carbocycles. The molecule has 216 valence electrons. The van der Waals surface area contributed by atoms with Crippen molar-refractivity contribution in [3.05, 3.63) is 89.6 Å². The van der Waals surface area contributed by atoms with Crippen LogP contribution in [0.4, 0.5) is 0 Å². The summed E-state index contributed by atoms with van der Waals surface area (Å²) >= 11 is 1.62. The fourth-order valence-electron chi connectivity index (χ4n) is 4.77. The van der Waals surface area contributed by atoms with Gasteiger partial charge in [-0.1, -0.05) is 97.7 Å². The van der Waals surface area contributed by atoms with E-state index in [1.54, 1.807) is 17.4 Å². The molecule has 3 nitrogen and oxygen atoms in total. The fraction of sp³-hybridized carbons (Fsp3) is 0.333. The number of benzene rings is 3. The monoisotopic (exact) mass is 742 g/mol. The predicted molar refractivity (Wildman–Crippen MR) is 170 cm³/mol. The number of aromatic hydroxyl groups is 1. The molecule has 1 N–H and O–H groups in total. The largest absolute Gasteiger partial charge is 0.507 e. The van der Waals surface area contributed by atoms with Gasteiger partial charge in [-0.15, -0.1) is 40.7 Å². The number of phenolic OH excluding ortho intramolecular Hbond substituents is 1. The zero-order valence-electron chi connectivity index (χ0n) is 25.4. The number of pyridine rings is 1. The van der Waals surface area contributed by atoms with E-state index in [2.05, 4.69) is 105 Å². The van der Waals surface area contributed by atoms with E-state index in [0.29, 0.717) is 0 Å². The van der Waals surface area contributed by atoms with Gasteiger partial charge in [0, 0.05) is 37.7 Å². The van der Waals surface area contributed by atoms with Crippen LogP contribution >= 0.6 is 11.3 Å². The van der Waals surface area contributed by atoms with Crippen LogP contribution in [0.25, 0.3) is 43.2 Å². The third-order valence-corrected chi connectivity index (χ3v) is 8.46. The molecule has 0 unspecified atom stereocenters.